The van der Waals surface area contributed by atoms with Crippen molar-refractivity contribution in [3.05, 3.63) is 35.4 Å². The molecule has 0 aliphatic carbocycles. The third-order valence-electron chi connectivity index (χ3n) is 2.52. The first-order valence-corrected chi connectivity index (χ1v) is 5.49. The molecule has 0 unspecified atom stereocenters. The molecule has 0 heterocycles. The van der Waals surface area contributed by atoms with E-state index < -0.39 is 29.3 Å². The summed E-state index contributed by atoms with van der Waals surface area (Å²) in [6, 6.07) is 2.80. The van der Waals surface area contributed by atoms with Gasteiger partial charge in [-0.05, 0) is 32.9 Å². The zero-order chi connectivity index (χ0) is 13.9. The highest BCUT2D eigenvalue weighted by atomic mass is 19.1. The van der Waals surface area contributed by atoms with Gasteiger partial charge in [-0.2, -0.15) is 0 Å². The fraction of sp³-hybridized carbons (Fsp3) is 0.462. The Bertz CT molecular complexity index is 444. The van der Waals surface area contributed by atoms with Gasteiger partial charge in [0, 0.05) is 13.2 Å². The molecule has 1 aromatic rings. The molecule has 0 aromatic heterocycles. The number of ketones is 1. The Morgan fingerprint density at radius 1 is 1.33 bits per heavy atom. The molecular formula is C13H16F2O3. The van der Waals surface area contributed by atoms with Crippen LogP contribution in [0.2, 0.25) is 0 Å². The Labute approximate surface area is 105 Å². The maximum absolute atomic E-state index is 13.4. The van der Waals surface area contributed by atoms with E-state index in [-0.39, 0.29) is 5.56 Å². The van der Waals surface area contributed by atoms with E-state index in [4.69, 9.17) is 9.47 Å². The molecule has 0 aliphatic heterocycles. The number of rotatable bonds is 5. The van der Waals surface area contributed by atoms with Crippen LogP contribution >= 0.6 is 0 Å². The first kappa shape index (κ1) is 14.7. The van der Waals surface area contributed by atoms with Crippen molar-refractivity contribution in [1.29, 1.82) is 0 Å². The summed E-state index contributed by atoms with van der Waals surface area (Å²) < 4.78 is 36.5. The first-order chi connectivity index (χ1) is 8.26. The largest absolute Gasteiger partial charge is 0.354 e. The molecule has 100 valence electrons. The van der Waals surface area contributed by atoms with E-state index in [1.807, 2.05) is 0 Å². The van der Waals surface area contributed by atoms with Crippen molar-refractivity contribution in [2.45, 2.75) is 32.7 Å². The van der Waals surface area contributed by atoms with Crippen LogP contribution in [-0.2, 0) is 9.47 Å². The van der Waals surface area contributed by atoms with E-state index >= 15 is 0 Å². The first-order valence-electron chi connectivity index (χ1n) is 5.49. The second kappa shape index (κ2) is 5.54. The second-order valence-electron chi connectivity index (χ2n) is 4.35. The van der Waals surface area contributed by atoms with Crippen molar-refractivity contribution in [2.24, 2.45) is 0 Å². The molecule has 0 bridgehead atoms. The summed E-state index contributed by atoms with van der Waals surface area (Å²) in [6.45, 7) is 4.77. The molecule has 0 amide bonds. The summed E-state index contributed by atoms with van der Waals surface area (Å²) in [5.74, 6) is -3.14. The molecule has 0 N–H and O–H groups in total. The minimum atomic E-state index is -0.953. The Morgan fingerprint density at radius 2 is 1.94 bits per heavy atom. The number of carbonyl (C=O) groups excluding carboxylic acids is 1. The number of hydrogen-bond acceptors (Lipinski definition) is 3. The highest BCUT2D eigenvalue weighted by Crippen LogP contribution is 2.18. The van der Waals surface area contributed by atoms with Crippen LogP contribution in [-0.4, -0.2) is 24.8 Å². The van der Waals surface area contributed by atoms with Gasteiger partial charge in [0.15, 0.2) is 11.6 Å². The lowest BCUT2D eigenvalue weighted by Crippen LogP contribution is -2.35. The van der Waals surface area contributed by atoms with E-state index in [2.05, 4.69) is 0 Å². The van der Waals surface area contributed by atoms with Crippen LogP contribution in [0.1, 0.15) is 31.1 Å². The summed E-state index contributed by atoms with van der Waals surface area (Å²) in [7, 11) is 1.44. The van der Waals surface area contributed by atoms with E-state index in [1.54, 1.807) is 13.8 Å². The number of hydrogen-bond donors (Lipinski definition) is 0. The normalized spacial score (nSPS) is 13.4. The highest BCUT2D eigenvalue weighted by Gasteiger charge is 2.27. The summed E-state index contributed by atoms with van der Waals surface area (Å²) in [5.41, 5.74) is -0.198. The number of ether oxygens (including phenoxy) is 2. The predicted octanol–water partition coefficient (Wildman–Crippen LogP) is 2.94. The maximum Gasteiger partial charge on any atom is 0.194 e. The average molecular weight is 258 g/mol. The number of halogens is 2. The van der Waals surface area contributed by atoms with Gasteiger partial charge in [-0.25, -0.2) is 8.78 Å². The van der Waals surface area contributed by atoms with Crippen molar-refractivity contribution in [3.8, 4) is 0 Å². The summed E-state index contributed by atoms with van der Waals surface area (Å²) in [4.78, 5) is 11.9. The van der Waals surface area contributed by atoms with Gasteiger partial charge in [0.05, 0.1) is 5.56 Å². The Balaban J connectivity index is 2.87. The van der Waals surface area contributed by atoms with Gasteiger partial charge >= 0.3 is 0 Å². The van der Waals surface area contributed by atoms with Crippen LogP contribution in [0.5, 0.6) is 0 Å². The zero-order valence-electron chi connectivity index (χ0n) is 10.8. The monoisotopic (exact) mass is 258 g/mol. The molecule has 1 atom stereocenters. The molecule has 18 heavy (non-hydrogen) atoms. The van der Waals surface area contributed by atoms with Crippen molar-refractivity contribution >= 4 is 5.78 Å². The lowest BCUT2D eigenvalue weighted by atomic mass is 10.1. The van der Waals surface area contributed by atoms with Crippen molar-refractivity contribution in [3.63, 3.8) is 0 Å². The molecule has 0 saturated heterocycles. The molecule has 0 saturated carbocycles. The number of methoxy groups -OCH3 is 1. The van der Waals surface area contributed by atoms with Crippen molar-refractivity contribution < 1.29 is 23.0 Å². The van der Waals surface area contributed by atoms with Crippen LogP contribution in [0, 0.1) is 11.6 Å². The molecule has 3 nitrogen and oxygen atoms in total. The average Bonchev–Trinajstić information content (AvgIpc) is 2.27. The van der Waals surface area contributed by atoms with Crippen molar-refractivity contribution in [2.75, 3.05) is 7.11 Å². The fourth-order valence-electron chi connectivity index (χ4n) is 1.44. The molecule has 0 aliphatic rings. The van der Waals surface area contributed by atoms with Gasteiger partial charge in [-0.15, -0.1) is 0 Å². The number of carbonyl (C=O) groups is 1. The molecule has 0 spiro atoms. The van der Waals surface area contributed by atoms with Crippen LogP contribution in [0.4, 0.5) is 8.78 Å². The zero-order valence-corrected chi connectivity index (χ0v) is 10.8. The third kappa shape index (κ3) is 3.58. The Kier molecular flexibility index (Phi) is 4.53. The van der Waals surface area contributed by atoms with E-state index in [0.717, 1.165) is 12.1 Å². The predicted molar refractivity (Wildman–Crippen MR) is 62.3 cm³/mol. The minimum Gasteiger partial charge on any atom is -0.354 e. The smallest absolute Gasteiger partial charge is 0.194 e. The van der Waals surface area contributed by atoms with Crippen LogP contribution < -0.4 is 0 Å². The summed E-state index contributed by atoms with van der Waals surface area (Å²) in [6.07, 6.45) is -0.889. The van der Waals surface area contributed by atoms with Gasteiger partial charge in [-0.1, -0.05) is 0 Å². The molecule has 0 fully saturated rings. The highest BCUT2D eigenvalue weighted by molar-refractivity contribution is 5.99. The second-order valence-corrected chi connectivity index (χ2v) is 4.35. The van der Waals surface area contributed by atoms with Gasteiger partial charge in [0.2, 0.25) is 0 Å². The SMILES string of the molecule is COC(C)(C)O[C@H](C)C(=O)c1ccc(F)cc1F. The summed E-state index contributed by atoms with van der Waals surface area (Å²) >= 11 is 0. The topological polar surface area (TPSA) is 35.5 Å². The lowest BCUT2D eigenvalue weighted by molar-refractivity contribution is -0.209. The molecule has 1 aromatic carbocycles. The molecule has 5 heteroatoms. The van der Waals surface area contributed by atoms with Gasteiger partial charge in [0.1, 0.15) is 17.7 Å². The minimum absolute atomic E-state index is 0.198. The Hall–Kier alpha value is -1.33. The van der Waals surface area contributed by atoms with E-state index in [9.17, 15) is 13.6 Å². The van der Waals surface area contributed by atoms with Crippen LogP contribution in [0.15, 0.2) is 18.2 Å². The lowest BCUT2D eigenvalue weighted by Gasteiger charge is -2.27. The number of benzene rings is 1. The molecular weight excluding hydrogens is 242 g/mol. The quantitative estimate of drug-likeness (QED) is 0.601. The molecule has 1 rings (SSSR count). The van der Waals surface area contributed by atoms with Crippen LogP contribution in [0.3, 0.4) is 0 Å². The van der Waals surface area contributed by atoms with Crippen molar-refractivity contribution in [1.82, 2.24) is 0 Å². The standard InChI is InChI=1S/C13H16F2O3/c1-8(18-13(2,3)17-4)12(16)10-6-5-9(14)7-11(10)15/h5-8H,1-4H3/t8-/m1/s1. The third-order valence-corrected chi connectivity index (χ3v) is 2.52. The number of Topliss-reactive ketones (excluding diaryl/α,β-unsaturated/α-hetero) is 1. The van der Waals surface area contributed by atoms with E-state index in [0.29, 0.717) is 6.07 Å². The van der Waals surface area contributed by atoms with Gasteiger partial charge in [-0.3, -0.25) is 4.79 Å². The summed E-state index contributed by atoms with van der Waals surface area (Å²) in [5, 5.41) is 0. The van der Waals surface area contributed by atoms with Gasteiger partial charge in [0.25, 0.3) is 0 Å². The Morgan fingerprint density at radius 3 is 2.44 bits per heavy atom. The fourth-order valence-corrected chi connectivity index (χ4v) is 1.44. The van der Waals surface area contributed by atoms with Crippen LogP contribution in [0.25, 0.3) is 0 Å². The molecule has 0 radical (unpaired) electrons. The van der Waals surface area contributed by atoms with Gasteiger partial charge < -0.3 is 9.47 Å². The maximum atomic E-state index is 13.4. The van der Waals surface area contributed by atoms with E-state index in [1.165, 1.54) is 14.0 Å².